The lowest BCUT2D eigenvalue weighted by atomic mass is 9.98. The molecule has 0 saturated carbocycles. The van der Waals surface area contributed by atoms with Crippen LogP contribution in [0.15, 0.2) is 11.6 Å². The van der Waals surface area contributed by atoms with Gasteiger partial charge in [0.15, 0.2) is 0 Å². The van der Waals surface area contributed by atoms with E-state index in [9.17, 15) is 25.2 Å². The fourth-order valence-corrected chi connectivity index (χ4v) is 1.17. The average molecular weight is 266 g/mol. The van der Waals surface area contributed by atoms with E-state index in [1.165, 1.54) is 6.92 Å². The first-order valence-electron chi connectivity index (χ1n) is 5.15. The topological polar surface area (TPSA) is 159 Å². The molecule has 8 nitrogen and oxygen atoms in total. The Morgan fingerprint density at radius 1 is 1.06 bits per heavy atom. The number of carboxylic acid groups (broad SMARTS) is 1. The maximum atomic E-state index is 10.5. The molecular weight excluding hydrogens is 248 g/mol. The molecule has 0 saturated heterocycles. The van der Waals surface area contributed by atoms with Crippen LogP contribution in [0, 0.1) is 0 Å². The van der Waals surface area contributed by atoms with Crippen molar-refractivity contribution >= 4 is 5.97 Å². The van der Waals surface area contributed by atoms with Crippen LogP contribution >= 0.6 is 0 Å². The van der Waals surface area contributed by atoms with Gasteiger partial charge in [0.25, 0.3) is 0 Å². The zero-order valence-electron chi connectivity index (χ0n) is 9.71. The largest absolute Gasteiger partial charge is 0.478 e. The lowest BCUT2D eigenvalue weighted by Crippen LogP contribution is -2.49. The number of aliphatic carboxylic acids is 1. The highest BCUT2D eigenvalue weighted by Gasteiger charge is 2.33. The summed E-state index contributed by atoms with van der Waals surface area (Å²) < 4.78 is 0. The van der Waals surface area contributed by atoms with E-state index in [0.29, 0.717) is 0 Å². The van der Waals surface area contributed by atoms with Crippen molar-refractivity contribution in [3.05, 3.63) is 11.6 Å². The van der Waals surface area contributed by atoms with Crippen LogP contribution in [0.1, 0.15) is 6.92 Å². The summed E-state index contributed by atoms with van der Waals surface area (Å²) in [5.41, 5.74) is -0.258. The molecule has 8 heteroatoms. The van der Waals surface area contributed by atoms with Crippen molar-refractivity contribution < 1.29 is 40.5 Å². The lowest BCUT2D eigenvalue weighted by molar-refractivity contribution is -0.135. The van der Waals surface area contributed by atoms with E-state index in [2.05, 4.69) is 0 Å². The molecule has 106 valence electrons. The summed E-state index contributed by atoms with van der Waals surface area (Å²) in [6.07, 6.45) is -8.37. The summed E-state index contributed by atoms with van der Waals surface area (Å²) in [6, 6.07) is 0. The van der Waals surface area contributed by atoms with Crippen molar-refractivity contribution in [1.82, 2.24) is 0 Å². The standard InChI is InChI=1S/C10H18O8/c1-4(10(17)18)2-5(12)7(14)9(16)8(15)6(13)3-11/h2,5-9,11-16H,3H2,1H3,(H,17,18)/t5?,6-,7-,8-,9-/m1/s1. The Hall–Kier alpha value is -1.03. The Kier molecular flexibility index (Phi) is 6.99. The normalized spacial score (nSPS) is 20.9. The molecular formula is C10H18O8. The first-order valence-corrected chi connectivity index (χ1v) is 5.15. The van der Waals surface area contributed by atoms with Crippen LogP contribution in [0.5, 0.6) is 0 Å². The van der Waals surface area contributed by atoms with Gasteiger partial charge in [0.2, 0.25) is 0 Å². The average Bonchev–Trinajstić information content (AvgIpc) is 2.34. The van der Waals surface area contributed by atoms with Crippen molar-refractivity contribution in [2.75, 3.05) is 6.61 Å². The predicted octanol–water partition coefficient (Wildman–Crippen LogP) is -3.19. The van der Waals surface area contributed by atoms with Gasteiger partial charge in [-0.2, -0.15) is 0 Å². The zero-order chi connectivity index (χ0) is 14.5. The number of aliphatic hydroxyl groups is 6. The molecule has 0 aromatic carbocycles. The van der Waals surface area contributed by atoms with Crippen molar-refractivity contribution in [3.63, 3.8) is 0 Å². The van der Waals surface area contributed by atoms with E-state index in [4.69, 9.17) is 15.3 Å². The van der Waals surface area contributed by atoms with Gasteiger partial charge in [0.1, 0.15) is 30.5 Å². The second-order valence-corrected chi connectivity index (χ2v) is 3.87. The Morgan fingerprint density at radius 2 is 1.56 bits per heavy atom. The fraction of sp³-hybridized carbons (Fsp3) is 0.700. The van der Waals surface area contributed by atoms with E-state index >= 15 is 0 Å². The minimum atomic E-state index is -1.94. The third kappa shape index (κ3) is 4.69. The zero-order valence-corrected chi connectivity index (χ0v) is 9.71. The van der Waals surface area contributed by atoms with E-state index in [1.54, 1.807) is 0 Å². The van der Waals surface area contributed by atoms with Gasteiger partial charge >= 0.3 is 5.97 Å². The first-order chi connectivity index (χ1) is 8.22. The molecule has 5 atom stereocenters. The maximum Gasteiger partial charge on any atom is 0.331 e. The monoisotopic (exact) mass is 266 g/mol. The van der Waals surface area contributed by atoms with E-state index < -0.39 is 43.1 Å². The van der Waals surface area contributed by atoms with Crippen molar-refractivity contribution in [1.29, 1.82) is 0 Å². The van der Waals surface area contributed by atoms with Crippen LogP contribution in [0.3, 0.4) is 0 Å². The second kappa shape index (κ2) is 7.41. The van der Waals surface area contributed by atoms with Gasteiger partial charge in [0, 0.05) is 5.57 Å². The van der Waals surface area contributed by atoms with Gasteiger partial charge in [0.05, 0.1) is 6.61 Å². The molecule has 0 aromatic rings. The van der Waals surface area contributed by atoms with Crippen LogP contribution in [-0.2, 0) is 4.79 Å². The Morgan fingerprint density at radius 3 is 1.94 bits per heavy atom. The molecule has 7 N–H and O–H groups in total. The quantitative estimate of drug-likeness (QED) is 0.237. The highest BCUT2D eigenvalue weighted by molar-refractivity contribution is 5.85. The van der Waals surface area contributed by atoms with Crippen LogP contribution in [0.4, 0.5) is 0 Å². The Bertz CT molecular complexity index is 302. The molecule has 18 heavy (non-hydrogen) atoms. The number of aliphatic hydroxyl groups excluding tert-OH is 6. The Balaban J connectivity index is 4.68. The van der Waals surface area contributed by atoms with Crippen molar-refractivity contribution in [2.45, 2.75) is 37.4 Å². The summed E-state index contributed by atoms with van der Waals surface area (Å²) in [7, 11) is 0. The van der Waals surface area contributed by atoms with Gasteiger partial charge in [-0.3, -0.25) is 0 Å². The van der Waals surface area contributed by atoms with Crippen LogP contribution < -0.4 is 0 Å². The smallest absolute Gasteiger partial charge is 0.331 e. The summed E-state index contributed by atoms with van der Waals surface area (Å²) in [6.45, 7) is 0.328. The second-order valence-electron chi connectivity index (χ2n) is 3.87. The molecule has 0 fully saturated rings. The molecule has 0 spiro atoms. The van der Waals surface area contributed by atoms with Crippen molar-refractivity contribution in [3.8, 4) is 0 Å². The summed E-state index contributed by atoms with van der Waals surface area (Å²) in [4.78, 5) is 10.5. The molecule has 0 aliphatic carbocycles. The third-order valence-electron chi connectivity index (χ3n) is 2.39. The van der Waals surface area contributed by atoms with Crippen molar-refractivity contribution in [2.24, 2.45) is 0 Å². The van der Waals surface area contributed by atoms with E-state index in [0.717, 1.165) is 6.08 Å². The summed E-state index contributed by atoms with van der Waals surface area (Å²) in [5, 5.41) is 63.6. The number of carboxylic acids is 1. The molecule has 0 amide bonds. The number of hydrogen-bond donors (Lipinski definition) is 7. The van der Waals surface area contributed by atoms with Gasteiger partial charge in [-0.15, -0.1) is 0 Å². The molecule has 0 aliphatic heterocycles. The molecule has 0 aromatic heterocycles. The molecule has 0 heterocycles. The molecule has 0 aliphatic rings. The SMILES string of the molecule is CC(=CC(O)[C@@H](O)[C@@H](O)[C@H](O)[C@H](O)CO)C(=O)O. The van der Waals surface area contributed by atoms with Gasteiger partial charge < -0.3 is 35.7 Å². The number of carbonyl (C=O) groups is 1. The predicted molar refractivity (Wildman–Crippen MR) is 58.5 cm³/mol. The molecule has 0 radical (unpaired) electrons. The van der Waals surface area contributed by atoms with Gasteiger partial charge in [-0.05, 0) is 13.0 Å². The van der Waals surface area contributed by atoms with E-state index in [-0.39, 0.29) is 5.57 Å². The molecule has 0 rings (SSSR count). The Labute approximate surface area is 103 Å². The summed E-state index contributed by atoms with van der Waals surface area (Å²) >= 11 is 0. The third-order valence-corrected chi connectivity index (χ3v) is 2.39. The minimum absolute atomic E-state index is 0.258. The van der Waals surface area contributed by atoms with Gasteiger partial charge in [-0.1, -0.05) is 0 Å². The minimum Gasteiger partial charge on any atom is -0.478 e. The maximum absolute atomic E-state index is 10.5. The first kappa shape index (κ1) is 17.0. The lowest BCUT2D eigenvalue weighted by Gasteiger charge is -2.27. The van der Waals surface area contributed by atoms with Crippen LogP contribution in [-0.4, -0.2) is 78.8 Å². The summed E-state index contributed by atoms with van der Waals surface area (Å²) in [5.74, 6) is -1.31. The van der Waals surface area contributed by atoms with E-state index in [1.807, 2.05) is 0 Å². The molecule has 0 bridgehead atoms. The van der Waals surface area contributed by atoms with Crippen LogP contribution in [0.2, 0.25) is 0 Å². The number of hydrogen-bond acceptors (Lipinski definition) is 7. The highest BCUT2D eigenvalue weighted by atomic mass is 16.4. The van der Waals surface area contributed by atoms with Crippen LogP contribution in [0.25, 0.3) is 0 Å². The highest BCUT2D eigenvalue weighted by Crippen LogP contribution is 2.10. The number of rotatable bonds is 7. The molecule has 1 unspecified atom stereocenters. The van der Waals surface area contributed by atoms with Gasteiger partial charge in [-0.25, -0.2) is 4.79 Å². The fourth-order valence-electron chi connectivity index (χ4n) is 1.17.